The quantitative estimate of drug-likeness (QED) is 0.184. The Bertz CT molecular complexity index is 1590. The van der Waals surface area contributed by atoms with Gasteiger partial charge < -0.3 is 18.9 Å². The van der Waals surface area contributed by atoms with Gasteiger partial charge in [0.1, 0.15) is 5.82 Å². The minimum atomic E-state index is -1.39. The van der Waals surface area contributed by atoms with E-state index in [-0.39, 0.29) is 40.4 Å². The highest BCUT2D eigenvalue weighted by Gasteiger charge is 2.39. The van der Waals surface area contributed by atoms with Crippen LogP contribution in [0.2, 0.25) is 0 Å². The predicted molar refractivity (Wildman–Crippen MR) is 154 cm³/mol. The molecule has 2 aromatic carbocycles. The van der Waals surface area contributed by atoms with Gasteiger partial charge in [-0.1, -0.05) is 50.6 Å². The summed E-state index contributed by atoms with van der Waals surface area (Å²) in [6.07, 6.45) is 5.12. The average molecular weight is 573 g/mol. The van der Waals surface area contributed by atoms with Gasteiger partial charge >= 0.3 is 23.9 Å². The highest BCUT2D eigenvalue weighted by molar-refractivity contribution is 5.91. The molecule has 0 aliphatic heterocycles. The molecule has 0 radical (unpaired) electrons. The minimum absolute atomic E-state index is 0.0566. The molecule has 0 saturated carbocycles. The number of hydrogen-bond acceptors (Lipinski definition) is 8. The Labute approximate surface area is 242 Å². The van der Waals surface area contributed by atoms with Crippen LogP contribution in [0.15, 0.2) is 104 Å². The van der Waals surface area contributed by atoms with E-state index in [0.717, 1.165) is 12.2 Å². The molecule has 3 rings (SSSR count). The van der Waals surface area contributed by atoms with Crippen LogP contribution >= 0.6 is 0 Å². The molecular weight excluding hydrogens is 543 g/mol. The van der Waals surface area contributed by atoms with Crippen molar-refractivity contribution in [3.8, 4) is 22.6 Å². The van der Waals surface area contributed by atoms with Gasteiger partial charge in [0, 0.05) is 35.3 Å². The van der Waals surface area contributed by atoms with Crippen molar-refractivity contribution in [2.24, 2.45) is 0 Å². The molecule has 0 saturated heterocycles. The zero-order valence-electron chi connectivity index (χ0n) is 23.5. The molecule has 2 aromatic rings. The number of halogens is 1. The molecule has 0 spiro atoms. The molecule has 216 valence electrons. The van der Waals surface area contributed by atoms with E-state index in [1.807, 2.05) is 0 Å². The number of ether oxygens (including phenoxy) is 4. The van der Waals surface area contributed by atoms with Gasteiger partial charge in [-0.05, 0) is 61.7 Å². The van der Waals surface area contributed by atoms with Crippen LogP contribution in [0.5, 0.6) is 11.5 Å². The molecule has 9 heteroatoms. The zero-order chi connectivity index (χ0) is 31.2. The number of carbonyl (C=O) groups excluding carboxylic acids is 4. The maximum absolute atomic E-state index is 15.5. The Hall–Kier alpha value is -5.31. The molecule has 0 fully saturated rings. The third-order valence-corrected chi connectivity index (χ3v) is 6.05. The van der Waals surface area contributed by atoms with Crippen molar-refractivity contribution < 1.29 is 42.5 Å². The van der Waals surface area contributed by atoms with Crippen LogP contribution in [0.1, 0.15) is 32.8 Å². The van der Waals surface area contributed by atoms with Crippen molar-refractivity contribution in [2.45, 2.75) is 32.8 Å². The second-order valence-corrected chi connectivity index (χ2v) is 9.58. The van der Waals surface area contributed by atoms with Crippen molar-refractivity contribution in [3.05, 3.63) is 115 Å². The van der Waals surface area contributed by atoms with Gasteiger partial charge in [0.25, 0.3) is 0 Å². The summed E-state index contributed by atoms with van der Waals surface area (Å²) in [7, 11) is 0. The maximum atomic E-state index is 15.5. The normalized spacial score (nSPS) is 15.7. The Kier molecular flexibility index (Phi) is 9.59. The lowest BCUT2D eigenvalue weighted by molar-refractivity contribution is -0.155. The Morgan fingerprint density at radius 3 is 1.98 bits per heavy atom. The Morgan fingerprint density at radius 1 is 0.810 bits per heavy atom. The van der Waals surface area contributed by atoms with E-state index in [9.17, 15) is 19.2 Å². The fourth-order valence-electron chi connectivity index (χ4n) is 3.86. The van der Waals surface area contributed by atoms with Crippen molar-refractivity contribution >= 4 is 29.5 Å². The minimum Gasteiger partial charge on any atom is -0.448 e. The molecule has 1 aliphatic rings. The Balaban J connectivity index is 2.00. The van der Waals surface area contributed by atoms with E-state index >= 15 is 4.39 Å². The lowest BCUT2D eigenvalue weighted by Crippen LogP contribution is -2.37. The van der Waals surface area contributed by atoms with Crippen LogP contribution in [-0.4, -0.2) is 29.5 Å². The fourth-order valence-corrected chi connectivity index (χ4v) is 3.86. The second-order valence-electron chi connectivity index (χ2n) is 9.58. The van der Waals surface area contributed by atoms with E-state index < -0.39 is 35.3 Å². The summed E-state index contributed by atoms with van der Waals surface area (Å²) in [4.78, 5) is 48.2. The van der Waals surface area contributed by atoms with Gasteiger partial charge in [0.05, 0.1) is 0 Å². The van der Waals surface area contributed by atoms with E-state index in [2.05, 4.69) is 26.3 Å². The molecule has 0 aromatic heterocycles. The van der Waals surface area contributed by atoms with Gasteiger partial charge in [0.2, 0.25) is 0 Å². The molecule has 1 unspecified atom stereocenters. The molecule has 0 bridgehead atoms. The summed E-state index contributed by atoms with van der Waals surface area (Å²) < 4.78 is 37.0. The predicted octanol–water partition coefficient (Wildman–Crippen LogP) is 6.34. The summed E-state index contributed by atoms with van der Waals surface area (Å²) in [5.74, 6) is -3.66. The SMILES string of the molecule is C=CC(=O)OC1=CC=C(c2ccc(-c3ccc(OC(=O)C(=C)C)c(OC(=O)C(=C)C)c3)c(F)c2)CC1(C)OC(=O)C=C. The van der Waals surface area contributed by atoms with E-state index in [1.165, 1.54) is 50.3 Å². The third-order valence-electron chi connectivity index (χ3n) is 6.05. The monoisotopic (exact) mass is 572 g/mol. The van der Waals surface area contributed by atoms with Gasteiger partial charge in [-0.25, -0.2) is 23.6 Å². The number of carbonyl (C=O) groups is 4. The third kappa shape index (κ3) is 7.25. The van der Waals surface area contributed by atoms with Crippen molar-refractivity contribution in [2.75, 3.05) is 0 Å². The number of esters is 4. The van der Waals surface area contributed by atoms with Crippen LogP contribution in [-0.2, 0) is 28.7 Å². The highest BCUT2D eigenvalue weighted by atomic mass is 19.1. The highest BCUT2D eigenvalue weighted by Crippen LogP contribution is 2.40. The first-order chi connectivity index (χ1) is 19.8. The van der Waals surface area contributed by atoms with Gasteiger partial charge in [0.15, 0.2) is 22.9 Å². The molecule has 1 aliphatic carbocycles. The standard InChI is InChI=1S/C33H29FO8/c1-8-29(35)41-28-15-12-23(18-33(28,7)42-30(36)9-2)21-10-13-24(25(34)16-21)22-11-14-26(39-31(37)19(3)4)27(17-22)40-32(38)20(5)6/h8-17H,1-3,5,18H2,4,6-7H3. The summed E-state index contributed by atoms with van der Waals surface area (Å²) in [6, 6.07) is 8.73. The molecule has 1 atom stereocenters. The van der Waals surface area contributed by atoms with Gasteiger partial charge in [-0.3, -0.25) is 0 Å². The van der Waals surface area contributed by atoms with Gasteiger partial charge in [-0.2, -0.15) is 0 Å². The van der Waals surface area contributed by atoms with E-state index in [4.69, 9.17) is 18.9 Å². The first kappa shape index (κ1) is 31.2. The molecule has 0 amide bonds. The summed E-state index contributed by atoms with van der Waals surface area (Å²) in [5, 5.41) is 0. The number of benzene rings is 2. The lowest BCUT2D eigenvalue weighted by atomic mass is 9.85. The van der Waals surface area contributed by atoms with Gasteiger partial charge in [-0.15, -0.1) is 0 Å². The first-order valence-electron chi connectivity index (χ1n) is 12.6. The van der Waals surface area contributed by atoms with Crippen LogP contribution in [0.3, 0.4) is 0 Å². The van der Waals surface area contributed by atoms with E-state index in [1.54, 1.807) is 19.1 Å². The van der Waals surface area contributed by atoms with Crippen molar-refractivity contribution in [1.82, 2.24) is 0 Å². The first-order valence-corrected chi connectivity index (χ1v) is 12.6. The zero-order valence-corrected chi connectivity index (χ0v) is 23.5. The van der Waals surface area contributed by atoms with Crippen LogP contribution < -0.4 is 9.47 Å². The lowest BCUT2D eigenvalue weighted by Gasteiger charge is -2.33. The maximum Gasteiger partial charge on any atom is 0.338 e. The second kappa shape index (κ2) is 12.9. The fraction of sp³-hybridized carbons (Fsp3) is 0.152. The molecule has 8 nitrogen and oxygen atoms in total. The average Bonchev–Trinajstić information content (AvgIpc) is 2.94. The van der Waals surface area contributed by atoms with Crippen LogP contribution in [0, 0.1) is 5.82 Å². The summed E-state index contributed by atoms with van der Waals surface area (Å²) >= 11 is 0. The molecule has 0 N–H and O–H groups in total. The molecular formula is C33H29FO8. The summed E-state index contributed by atoms with van der Waals surface area (Å²) in [5.41, 5.74) is 0.418. The molecule has 42 heavy (non-hydrogen) atoms. The summed E-state index contributed by atoms with van der Waals surface area (Å²) in [6.45, 7) is 18.3. The number of rotatable bonds is 10. The van der Waals surface area contributed by atoms with E-state index in [0.29, 0.717) is 16.7 Å². The van der Waals surface area contributed by atoms with Crippen LogP contribution in [0.4, 0.5) is 4.39 Å². The van der Waals surface area contributed by atoms with Crippen molar-refractivity contribution in [3.63, 3.8) is 0 Å². The topological polar surface area (TPSA) is 105 Å². The van der Waals surface area contributed by atoms with Crippen molar-refractivity contribution in [1.29, 1.82) is 0 Å². The number of hydrogen-bond donors (Lipinski definition) is 0. The largest absolute Gasteiger partial charge is 0.448 e. The smallest absolute Gasteiger partial charge is 0.338 e. The Morgan fingerprint density at radius 2 is 1.40 bits per heavy atom. The molecule has 0 heterocycles. The number of allylic oxidation sites excluding steroid dienone is 2. The van der Waals surface area contributed by atoms with Crippen LogP contribution in [0.25, 0.3) is 16.7 Å².